The molecule has 0 fully saturated rings. The van der Waals surface area contributed by atoms with E-state index in [1.54, 1.807) is 17.0 Å². The molecular formula is C13H23N3O. The first kappa shape index (κ1) is 13.9. The van der Waals surface area contributed by atoms with Crippen LogP contribution in [0.25, 0.3) is 0 Å². The Labute approximate surface area is 103 Å². The highest BCUT2D eigenvalue weighted by molar-refractivity contribution is 4.95. The van der Waals surface area contributed by atoms with Crippen LogP contribution in [0.4, 0.5) is 0 Å². The first-order chi connectivity index (χ1) is 8.09. The normalized spacial score (nSPS) is 11.1. The molecule has 4 nitrogen and oxygen atoms in total. The predicted octanol–water partition coefficient (Wildman–Crippen LogP) is 1.58. The van der Waals surface area contributed by atoms with Crippen LogP contribution in [-0.2, 0) is 6.54 Å². The minimum Gasteiger partial charge on any atom is -0.316 e. The third kappa shape index (κ3) is 5.63. The van der Waals surface area contributed by atoms with Crippen LogP contribution in [0.1, 0.15) is 32.4 Å². The molecule has 96 valence electrons. The molecule has 1 aromatic rings. The van der Waals surface area contributed by atoms with Crippen molar-refractivity contribution >= 4 is 0 Å². The lowest BCUT2D eigenvalue weighted by Crippen LogP contribution is -2.23. The highest BCUT2D eigenvalue weighted by Crippen LogP contribution is 1.93. The number of nitrogens with zero attached hydrogens (tertiary/aromatic N) is 2. The minimum absolute atomic E-state index is 0.0487. The highest BCUT2D eigenvalue weighted by atomic mass is 16.1. The molecule has 1 rings (SSSR count). The largest absolute Gasteiger partial charge is 0.316 e. The molecule has 0 saturated carbocycles. The molecule has 0 aliphatic carbocycles. The zero-order chi connectivity index (χ0) is 12.7. The smallest absolute Gasteiger partial charge is 0.253 e. The summed E-state index contributed by atoms with van der Waals surface area (Å²) >= 11 is 0. The molecular weight excluding hydrogens is 214 g/mol. The monoisotopic (exact) mass is 237 g/mol. The average Bonchev–Trinajstić information content (AvgIpc) is 2.25. The number of unbranched alkanes of at least 4 members (excludes halogenated alkanes) is 1. The Morgan fingerprint density at radius 3 is 2.82 bits per heavy atom. The van der Waals surface area contributed by atoms with Gasteiger partial charge in [0.15, 0.2) is 0 Å². The van der Waals surface area contributed by atoms with Crippen LogP contribution >= 0.6 is 0 Å². The van der Waals surface area contributed by atoms with Gasteiger partial charge in [-0.05, 0) is 38.8 Å². The Kier molecular flexibility index (Phi) is 5.91. The van der Waals surface area contributed by atoms with Crippen molar-refractivity contribution in [1.29, 1.82) is 0 Å². The summed E-state index contributed by atoms with van der Waals surface area (Å²) in [5, 5.41) is 3.39. The lowest BCUT2D eigenvalue weighted by atomic mass is 10.2. The molecule has 0 saturated heterocycles. The van der Waals surface area contributed by atoms with Crippen molar-refractivity contribution in [2.75, 3.05) is 13.1 Å². The van der Waals surface area contributed by atoms with E-state index in [0.29, 0.717) is 5.92 Å². The van der Waals surface area contributed by atoms with Gasteiger partial charge in [0.2, 0.25) is 0 Å². The van der Waals surface area contributed by atoms with Crippen LogP contribution in [0.5, 0.6) is 0 Å². The number of hydrogen-bond donors (Lipinski definition) is 1. The number of hydrogen-bond acceptors (Lipinski definition) is 3. The number of aromatic nitrogens is 2. The van der Waals surface area contributed by atoms with Gasteiger partial charge in [0.25, 0.3) is 5.56 Å². The van der Waals surface area contributed by atoms with Crippen LogP contribution < -0.4 is 10.9 Å². The van der Waals surface area contributed by atoms with E-state index in [1.807, 2.05) is 6.92 Å². The predicted molar refractivity (Wildman–Crippen MR) is 70.2 cm³/mol. The van der Waals surface area contributed by atoms with Crippen LogP contribution in [0.3, 0.4) is 0 Å². The molecule has 0 atom stereocenters. The van der Waals surface area contributed by atoms with Gasteiger partial charge in [-0.2, -0.15) is 0 Å². The van der Waals surface area contributed by atoms with Crippen LogP contribution in [0.15, 0.2) is 17.2 Å². The second kappa shape index (κ2) is 7.22. The molecule has 4 heteroatoms. The first-order valence-electron chi connectivity index (χ1n) is 6.33. The summed E-state index contributed by atoms with van der Waals surface area (Å²) in [4.78, 5) is 15.7. The van der Waals surface area contributed by atoms with Crippen LogP contribution in [0.2, 0.25) is 0 Å². The van der Waals surface area contributed by atoms with E-state index in [2.05, 4.69) is 24.1 Å². The first-order valence-corrected chi connectivity index (χ1v) is 6.33. The maximum Gasteiger partial charge on any atom is 0.253 e. The molecule has 1 aromatic heterocycles. The standard InChI is InChI=1S/C13H23N3O/c1-11(2)9-14-6-4-5-7-16-10-15-12(3)8-13(16)17/h8,10-11,14H,4-7,9H2,1-3H3. The maximum absolute atomic E-state index is 11.6. The summed E-state index contributed by atoms with van der Waals surface area (Å²) in [6.07, 6.45) is 3.74. The van der Waals surface area contributed by atoms with Gasteiger partial charge in [-0.1, -0.05) is 13.8 Å². The van der Waals surface area contributed by atoms with E-state index in [-0.39, 0.29) is 5.56 Å². The highest BCUT2D eigenvalue weighted by Gasteiger charge is 1.97. The Hall–Kier alpha value is -1.16. The number of rotatable bonds is 7. The summed E-state index contributed by atoms with van der Waals surface area (Å²) in [6, 6.07) is 1.58. The molecule has 0 aromatic carbocycles. The van der Waals surface area contributed by atoms with E-state index in [1.165, 1.54) is 0 Å². The molecule has 0 spiro atoms. The molecule has 0 aliphatic rings. The minimum atomic E-state index is 0.0487. The van der Waals surface area contributed by atoms with Gasteiger partial charge < -0.3 is 5.32 Å². The molecule has 17 heavy (non-hydrogen) atoms. The van der Waals surface area contributed by atoms with Gasteiger partial charge in [0.05, 0.1) is 6.33 Å². The van der Waals surface area contributed by atoms with Gasteiger partial charge in [-0.15, -0.1) is 0 Å². The molecule has 1 heterocycles. The zero-order valence-electron chi connectivity index (χ0n) is 11.1. The molecule has 0 unspecified atom stereocenters. The Morgan fingerprint density at radius 2 is 2.18 bits per heavy atom. The van der Waals surface area contributed by atoms with E-state index >= 15 is 0 Å². The second-order valence-electron chi connectivity index (χ2n) is 4.87. The summed E-state index contributed by atoms with van der Waals surface area (Å²) in [5.41, 5.74) is 0.831. The van der Waals surface area contributed by atoms with Crippen molar-refractivity contribution in [1.82, 2.24) is 14.9 Å². The summed E-state index contributed by atoms with van der Waals surface area (Å²) in [5.74, 6) is 0.693. The quantitative estimate of drug-likeness (QED) is 0.732. The maximum atomic E-state index is 11.6. The lowest BCUT2D eigenvalue weighted by Gasteiger charge is -2.08. The third-order valence-corrected chi connectivity index (χ3v) is 2.57. The molecule has 0 bridgehead atoms. The van der Waals surface area contributed by atoms with Gasteiger partial charge >= 0.3 is 0 Å². The average molecular weight is 237 g/mol. The zero-order valence-corrected chi connectivity index (χ0v) is 11.1. The van der Waals surface area contributed by atoms with Gasteiger partial charge in [0, 0.05) is 18.3 Å². The second-order valence-corrected chi connectivity index (χ2v) is 4.87. The molecule has 0 amide bonds. The van der Waals surface area contributed by atoms with Crippen LogP contribution in [-0.4, -0.2) is 22.6 Å². The Morgan fingerprint density at radius 1 is 1.41 bits per heavy atom. The van der Waals surface area contributed by atoms with Crippen molar-refractivity contribution in [2.24, 2.45) is 5.92 Å². The third-order valence-electron chi connectivity index (χ3n) is 2.57. The fourth-order valence-corrected chi connectivity index (χ4v) is 1.61. The topological polar surface area (TPSA) is 46.9 Å². The Bertz CT molecular complexity index is 384. The van der Waals surface area contributed by atoms with E-state index in [0.717, 1.165) is 38.2 Å². The van der Waals surface area contributed by atoms with E-state index in [4.69, 9.17) is 0 Å². The van der Waals surface area contributed by atoms with Gasteiger partial charge in [0.1, 0.15) is 0 Å². The van der Waals surface area contributed by atoms with Crippen molar-refractivity contribution in [2.45, 2.75) is 40.2 Å². The molecule has 0 aliphatic heterocycles. The summed E-state index contributed by atoms with van der Waals surface area (Å²) < 4.78 is 1.68. The van der Waals surface area contributed by atoms with Gasteiger partial charge in [-0.3, -0.25) is 9.36 Å². The lowest BCUT2D eigenvalue weighted by molar-refractivity contribution is 0.514. The van der Waals surface area contributed by atoms with E-state index < -0.39 is 0 Å². The Balaban J connectivity index is 2.20. The van der Waals surface area contributed by atoms with Crippen molar-refractivity contribution in [3.63, 3.8) is 0 Å². The number of nitrogens with one attached hydrogen (secondary N) is 1. The summed E-state index contributed by atoms with van der Waals surface area (Å²) in [6.45, 7) is 9.07. The molecule has 0 radical (unpaired) electrons. The fraction of sp³-hybridized carbons (Fsp3) is 0.692. The van der Waals surface area contributed by atoms with Crippen molar-refractivity contribution in [3.8, 4) is 0 Å². The number of aryl methyl sites for hydroxylation is 2. The molecule has 1 N–H and O–H groups in total. The SMILES string of the molecule is Cc1cc(=O)n(CCCCNCC(C)C)cn1. The van der Waals surface area contributed by atoms with Crippen molar-refractivity contribution in [3.05, 3.63) is 28.4 Å². The van der Waals surface area contributed by atoms with Gasteiger partial charge in [-0.25, -0.2) is 4.98 Å². The van der Waals surface area contributed by atoms with E-state index in [9.17, 15) is 4.79 Å². The van der Waals surface area contributed by atoms with Crippen LogP contribution in [0, 0.1) is 12.8 Å². The summed E-state index contributed by atoms with van der Waals surface area (Å²) in [7, 11) is 0. The fourth-order valence-electron chi connectivity index (χ4n) is 1.61. The van der Waals surface area contributed by atoms with Crippen molar-refractivity contribution < 1.29 is 0 Å².